The third-order valence-corrected chi connectivity index (χ3v) is 3.49. The van der Waals surface area contributed by atoms with E-state index < -0.39 is 0 Å². The Balaban J connectivity index is 1.81. The minimum atomic E-state index is -0.0535. The number of aromatic nitrogens is 1. The molecule has 0 saturated heterocycles. The molecule has 0 bridgehead atoms. The highest BCUT2D eigenvalue weighted by Gasteiger charge is 2.07. The van der Waals surface area contributed by atoms with Crippen molar-refractivity contribution in [2.45, 2.75) is 19.4 Å². The molecule has 0 radical (unpaired) electrons. The maximum atomic E-state index is 6.01. The monoisotopic (exact) mass is 282 g/mol. The Morgan fingerprint density at radius 2 is 2.11 bits per heavy atom. The SMILES string of the molecule is Cc1nc(CC(N)COc2ccc(Cl)cc2)cs1. The molecule has 2 aromatic rings. The first-order valence-corrected chi connectivity index (χ1v) is 6.94. The Morgan fingerprint density at radius 1 is 1.39 bits per heavy atom. The molecule has 0 aliphatic rings. The maximum Gasteiger partial charge on any atom is 0.119 e. The topological polar surface area (TPSA) is 48.1 Å². The van der Waals surface area contributed by atoms with Gasteiger partial charge in [0.05, 0.1) is 10.7 Å². The van der Waals surface area contributed by atoms with Crippen LogP contribution in [0.4, 0.5) is 0 Å². The van der Waals surface area contributed by atoms with Gasteiger partial charge in [-0.2, -0.15) is 0 Å². The molecular weight excluding hydrogens is 268 g/mol. The molecule has 0 aliphatic carbocycles. The van der Waals surface area contributed by atoms with Crippen molar-refractivity contribution in [2.24, 2.45) is 5.73 Å². The molecule has 0 amide bonds. The van der Waals surface area contributed by atoms with Gasteiger partial charge in [-0.15, -0.1) is 11.3 Å². The third kappa shape index (κ3) is 3.98. The number of benzene rings is 1. The van der Waals surface area contributed by atoms with E-state index in [9.17, 15) is 0 Å². The van der Waals surface area contributed by atoms with Crippen molar-refractivity contribution in [3.63, 3.8) is 0 Å². The van der Waals surface area contributed by atoms with Crippen LogP contribution in [0, 0.1) is 6.92 Å². The van der Waals surface area contributed by atoms with Crippen LogP contribution in [0.25, 0.3) is 0 Å². The summed E-state index contributed by atoms with van der Waals surface area (Å²) in [6.45, 7) is 2.46. The third-order valence-electron chi connectivity index (χ3n) is 2.42. The fourth-order valence-electron chi connectivity index (χ4n) is 1.56. The number of thiazole rings is 1. The van der Waals surface area contributed by atoms with E-state index in [4.69, 9.17) is 22.1 Å². The van der Waals surface area contributed by atoms with E-state index in [2.05, 4.69) is 4.98 Å². The van der Waals surface area contributed by atoms with Crippen molar-refractivity contribution < 1.29 is 4.74 Å². The van der Waals surface area contributed by atoms with E-state index in [1.54, 1.807) is 23.5 Å². The first-order chi connectivity index (χ1) is 8.63. The van der Waals surface area contributed by atoms with Crippen LogP contribution in [-0.4, -0.2) is 17.6 Å². The highest BCUT2D eigenvalue weighted by molar-refractivity contribution is 7.09. The van der Waals surface area contributed by atoms with E-state index in [0.717, 1.165) is 22.9 Å². The molecule has 0 saturated carbocycles. The Labute approximate surface area is 116 Å². The van der Waals surface area contributed by atoms with E-state index in [0.29, 0.717) is 11.6 Å². The number of ether oxygens (including phenoxy) is 1. The van der Waals surface area contributed by atoms with Crippen molar-refractivity contribution in [2.75, 3.05) is 6.61 Å². The Bertz CT molecular complexity index is 498. The highest BCUT2D eigenvalue weighted by atomic mass is 35.5. The number of aryl methyl sites for hydroxylation is 1. The summed E-state index contributed by atoms with van der Waals surface area (Å²) in [5.41, 5.74) is 7.04. The lowest BCUT2D eigenvalue weighted by Gasteiger charge is -2.12. The first-order valence-electron chi connectivity index (χ1n) is 5.68. The molecular formula is C13H15ClN2OS. The average Bonchev–Trinajstić information content (AvgIpc) is 2.74. The molecule has 0 fully saturated rings. The molecule has 1 unspecified atom stereocenters. The van der Waals surface area contributed by atoms with Gasteiger partial charge in [0.25, 0.3) is 0 Å². The van der Waals surface area contributed by atoms with Crippen LogP contribution in [-0.2, 0) is 6.42 Å². The quantitative estimate of drug-likeness (QED) is 0.917. The fraction of sp³-hybridized carbons (Fsp3) is 0.308. The van der Waals surface area contributed by atoms with Crippen LogP contribution in [0.1, 0.15) is 10.7 Å². The second-order valence-electron chi connectivity index (χ2n) is 4.09. The first kappa shape index (κ1) is 13.3. The van der Waals surface area contributed by atoms with Gasteiger partial charge in [0.1, 0.15) is 12.4 Å². The molecule has 0 spiro atoms. The summed E-state index contributed by atoms with van der Waals surface area (Å²) >= 11 is 7.44. The lowest BCUT2D eigenvalue weighted by molar-refractivity contribution is 0.287. The van der Waals surface area contributed by atoms with Crippen molar-refractivity contribution >= 4 is 22.9 Å². The van der Waals surface area contributed by atoms with Gasteiger partial charge in [0, 0.05) is 22.9 Å². The standard InChI is InChI=1S/C13H15ClN2OS/c1-9-16-12(8-18-9)6-11(15)7-17-13-4-2-10(14)3-5-13/h2-5,8,11H,6-7,15H2,1H3. The van der Waals surface area contributed by atoms with E-state index in [1.807, 2.05) is 24.4 Å². The van der Waals surface area contributed by atoms with Gasteiger partial charge in [-0.25, -0.2) is 4.98 Å². The molecule has 1 atom stereocenters. The van der Waals surface area contributed by atoms with Gasteiger partial charge < -0.3 is 10.5 Å². The van der Waals surface area contributed by atoms with Crippen LogP contribution >= 0.6 is 22.9 Å². The number of nitrogens with two attached hydrogens (primary N) is 1. The molecule has 3 nitrogen and oxygen atoms in total. The fourth-order valence-corrected chi connectivity index (χ4v) is 2.32. The highest BCUT2D eigenvalue weighted by Crippen LogP contribution is 2.16. The van der Waals surface area contributed by atoms with Crippen molar-refractivity contribution in [3.8, 4) is 5.75 Å². The van der Waals surface area contributed by atoms with Crippen molar-refractivity contribution in [1.82, 2.24) is 4.98 Å². The summed E-state index contributed by atoms with van der Waals surface area (Å²) in [6, 6.07) is 7.21. The van der Waals surface area contributed by atoms with Crippen LogP contribution < -0.4 is 10.5 Å². The van der Waals surface area contributed by atoms with Crippen molar-refractivity contribution in [3.05, 3.63) is 45.4 Å². The van der Waals surface area contributed by atoms with E-state index >= 15 is 0 Å². The predicted octanol–water partition coefficient (Wildman–Crippen LogP) is 3.05. The normalized spacial score (nSPS) is 12.4. The Kier molecular flexibility index (Phi) is 4.58. The van der Waals surface area contributed by atoms with Gasteiger partial charge in [-0.3, -0.25) is 0 Å². The van der Waals surface area contributed by atoms with E-state index in [1.165, 1.54) is 0 Å². The van der Waals surface area contributed by atoms with Gasteiger partial charge in [0.15, 0.2) is 0 Å². The molecule has 1 aromatic heterocycles. The summed E-state index contributed by atoms with van der Waals surface area (Å²) in [6.07, 6.45) is 0.734. The summed E-state index contributed by atoms with van der Waals surface area (Å²) < 4.78 is 5.59. The lowest BCUT2D eigenvalue weighted by atomic mass is 10.2. The minimum Gasteiger partial charge on any atom is -0.492 e. The number of nitrogens with zero attached hydrogens (tertiary/aromatic N) is 1. The predicted molar refractivity (Wildman–Crippen MR) is 75.5 cm³/mol. The zero-order valence-electron chi connectivity index (χ0n) is 10.1. The molecule has 2 N–H and O–H groups in total. The zero-order valence-corrected chi connectivity index (χ0v) is 11.7. The number of hydrogen-bond donors (Lipinski definition) is 1. The number of hydrogen-bond acceptors (Lipinski definition) is 4. The smallest absolute Gasteiger partial charge is 0.119 e. The molecule has 18 heavy (non-hydrogen) atoms. The molecule has 0 aliphatic heterocycles. The summed E-state index contributed by atoms with van der Waals surface area (Å²) in [5.74, 6) is 0.782. The molecule has 96 valence electrons. The Hall–Kier alpha value is -1.10. The second-order valence-corrected chi connectivity index (χ2v) is 5.59. The van der Waals surface area contributed by atoms with Gasteiger partial charge in [0.2, 0.25) is 0 Å². The lowest BCUT2D eigenvalue weighted by Crippen LogP contribution is -2.30. The minimum absolute atomic E-state index is 0.0535. The average molecular weight is 283 g/mol. The molecule has 5 heteroatoms. The second kappa shape index (κ2) is 6.18. The molecule has 1 aromatic carbocycles. The van der Waals surface area contributed by atoms with Gasteiger partial charge in [-0.05, 0) is 31.2 Å². The van der Waals surface area contributed by atoms with Crippen LogP contribution in [0.15, 0.2) is 29.6 Å². The van der Waals surface area contributed by atoms with Gasteiger partial charge >= 0.3 is 0 Å². The van der Waals surface area contributed by atoms with Crippen LogP contribution in [0.5, 0.6) is 5.75 Å². The van der Waals surface area contributed by atoms with Gasteiger partial charge in [-0.1, -0.05) is 11.6 Å². The van der Waals surface area contributed by atoms with Crippen molar-refractivity contribution in [1.29, 1.82) is 0 Å². The van der Waals surface area contributed by atoms with E-state index in [-0.39, 0.29) is 6.04 Å². The number of halogens is 1. The summed E-state index contributed by atoms with van der Waals surface area (Å²) in [7, 11) is 0. The zero-order chi connectivity index (χ0) is 13.0. The summed E-state index contributed by atoms with van der Waals surface area (Å²) in [4.78, 5) is 4.38. The van der Waals surface area contributed by atoms with Crippen LogP contribution in [0.2, 0.25) is 5.02 Å². The number of rotatable bonds is 5. The molecule has 1 heterocycles. The summed E-state index contributed by atoms with van der Waals surface area (Å²) in [5, 5.41) is 3.80. The van der Waals surface area contributed by atoms with Crippen LogP contribution in [0.3, 0.4) is 0 Å². The largest absolute Gasteiger partial charge is 0.492 e. The maximum absolute atomic E-state index is 6.01. The molecule has 2 rings (SSSR count). The Morgan fingerprint density at radius 3 is 2.72 bits per heavy atom.